The lowest BCUT2D eigenvalue weighted by atomic mass is 9.79. The van der Waals surface area contributed by atoms with Crippen molar-refractivity contribution < 1.29 is 27.5 Å². The lowest BCUT2D eigenvalue weighted by molar-refractivity contribution is -0.0729. The Hall–Kier alpha value is -2.08. The highest BCUT2D eigenvalue weighted by molar-refractivity contribution is 5.49. The zero-order chi connectivity index (χ0) is 26.8. The predicted octanol–water partition coefficient (Wildman–Crippen LogP) is 4.23. The van der Waals surface area contributed by atoms with E-state index in [9.17, 15) is 5.11 Å². The molecule has 0 bridgehead atoms. The third-order valence-corrected chi connectivity index (χ3v) is 6.67. The molecule has 168 valence electrons. The average molecular weight is 432 g/mol. The molecule has 0 radical (unpaired) electrons. The van der Waals surface area contributed by atoms with Gasteiger partial charge in [-0.2, -0.15) is 0 Å². The van der Waals surface area contributed by atoms with Crippen LogP contribution in [0.3, 0.4) is 0 Å². The summed E-state index contributed by atoms with van der Waals surface area (Å²) in [7, 11) is -5.49. The summed E-state index contributed by atoms with van der Waals surface area (Å²) in [6.07, 6.45) is 2.14. The molecule has 5 nitrogen and oxygen atoms in total. The smallest absolute Gasteiger partial charge is 0.161 e. The van der Waals surface area contributed by atoms with Crippen molar-refractivity contribution in [3.63, 3.8) is 0 Å². The minimum Gasteiger partial charge on any atom is -0.493 e. The molecular weight excluding hydrogens is 390 g/mol. The van der Waals surface area contributed by atoms with E-state index in [1.54, 1.807) is 12.1 Å². The Morgan fingerprint density at radius 2 is 1.94 bits per heavy atom. The molecule has 1 unspecified atom stereocenters. The molecule has 2 aromatic rings. The van der Waals surface area contributed by atoms with Gasteiger partial charge in [0, 0.05) is 25.7 Å². The van der Waals surface area contributed by atoms with Gasteiger partial charge in [0.25, 0.3) is 0 Å². The Labute approximate surface area is 194 Å². The highest BCUT2D eigenvalue weighted by Crippen LogP contribution is 2.44. The maximum atomic E-state index is 9.69. The van der Waals surface area contributed by atoms with Crippen LogP contribution in [0.4, 0.5) is 0 Å². The van der Waals surface area contributed by atoms with Crippen molar-refractivity contribution in [1.29, 1.82) is 0 Å². The van der Waals surface area contributed by atoms with Crippen molar-refractivity contribution >= 4 is 0 Å². The van der Waals surface area contributed by atoms with E-state index < -0.39 is 14.1 Å². The molecule has 0 aromatic heterocycles. The molecule has 4 atom stereocenters. The highest BCUT2D eigenvalue weighted by Gasteiger charge is 2.40. The average Bonchev–Trinajstić information content (AvgIpc) is 2.82. The van der Waals surface area contributed by atoms with E-state index in [4.69, 9.17) is 22.4 Å². The van der Waals surface area contributed by atoms with Gasteiger partial charge in [0.2, 0.25) is 0 Å². The number of hydrogen-bond donors (Lipinski definition) is 1. The lowest BCUT2D eigenvalue weighted by Gasteiger charge is -2.47. The van der Waals surface area contributed by atoms with E-state index >= 15 is 0 Å². The van der Waals surface area contributed by atoms with E-state index in [1.165, 1.54) is 0 Å². The second-order valence-electron chi connectivity index (χ2n) is 8.82. The second-order valence-corrected chi connectivity index (χ2v) is 8.82. The standard InChI is InChI=1S/C26H35NO4/c1-18(16-28)11-21-15-27-10-9-20-12-25(29-2)26(30-3)13-22(20)23(27)14-24(21)31-17-19-7-5-4-6-8-19/h4-8,12-13,18,21,23-24,28H,9-11,14-17H2,1-3H3/t18?,21-,23-,24+/m0/s1/i2D3,3D3. The molecule has 1 fully saturated rings. The minimum atomic E-state index is -2.76. The van der Waals surface area contributed by atoms with Gasteiger partial charge in [0.05, 0.1) is 35.0 Å². The number of fused-ring (bicyclic) bond motifs is 3. The van der Waals surface area contributed by atoms with Gasteiger partial charge in [0.1, 0.15) is 0 Å². The Balaban J connectivity index is 1.63. The van der Waals surface area contributed by atoms with Gasteiger partial charge in [-0.05, 0) is 59.9 Å². The van der Waals surface area contributed by atoms with E-state index in [0.29, 0.717) is 19.4 Å². The SMILES string of the molecule is [2H]C([2H])([2H])Oc1cc2c(cc1OC([2H])([2H])[2H])[C@@H]1C[C@@H](OCc3ccccc3)[C@@H](CC(C)CO)CN1CC2. The molecule has 2 heterocycles. The Bertz CT molecular complexity index is 1050. The van der Waals surface area contributed by atoms with Crippen molar-refractivity contribution in [2.45, 2.75) is 44.9 Å². The Kier molecular flexibility index (Phi) is 5.07. The van der Waals surface area contributed by atoms with Crippen molar-refractivity contribution in [3.8, 4) is 11.5 Å². The second kappa shape index (κ2) is 10.0. The molecule has 4 rings (SSSR count). The molecule has 1 N–H and O–H groups in total. The van der Waals surface area contributed by atoms with E-state index in [2.05, 4.69) is 4.90 Å². The number of piperidine rings is 1. The highest BCUT2D eigenvalue weighted by atomic mass is 16.5. The first-order valence-electron chi connectivity index (χ1n) is 14.0. The number of ether oxygens (including phenoxy) is 3. The summed E-state index contributed by atoms with van der Waals surface area (Å²) in [5.74, 6) is 0.195. The van der Waals surface area contributed by atoms with Gasteiger partial charge in [-0.25, -0.2) is 0 Å². The van der Waals surface area contributed by atoms with Crippen molar-refractivity contribution in [2.75, 3.05) is 33.8 Å². The number of aliphatic hydroxyl groups excluding tert-OH is 1. The van der Waals surface area contributed by atoms with Crippen LogP contribution >= 0.6 is 0 Å². The van der Waals surface area contributed by atoms with Crippen LogP contribution in [0, 0.1) is 11.8 Å². The van der Waals surface area contributed by atoms with Gasteiger partial charge in [0.15, 0.2) is 11.5 Å². The molecule has 2 aliphatic rings. The van der Waals surface area contributed by atoms with Gasteiger partial charge in [-0.3, -0.25) is 4.90 Å². The van der Waals surface area contributed by atoms with Gasteiger partial charge in [-0.15, -0.1) is 0 Å². The van der Waals surface area contributed by atoms with Crippen LogP contribution in [-0.2, 0) is 17.8 Å². The molecular formula is C26H35NO4. The van der Waals surface area contributed by atoms with Crippen LogP contribution in [0.1, 0.15) is 50.7 Å². The molecule has 0 amide bonds. The molecule has 0 aliphatic carbocycles. The number of benzene rings is 2. The molecule has 2 aliphatic heterocycles. The fraction of sp³-hybridized carbons (Fsp3) is 0.538. The number of rotatable bonds is 8. The Morgan fingerprint density at radius 3 is 2.68 bits per heavy atom. The molecule has 1 saturated heterocycles. The number of aliphatic hydroxyl groups is 1. The predicted molar refractivity (Wildman–Crippen MR) is 122 cm³/mol. The minimum absolute atomic E-state index is 0.0361. The maximum absolute atomic E-state index is 9.69. The summed E-state index contributed by atoms with van der Waals surface area (Å²) in [5.41, 5.74) is 2.91. The monoisotopic (exact) mass is 431 g/mol. The van der Waals surface area contributed by atoms with Gasteiger partial charge >= 0.3 is 0 Å². The number of hydrogen-bond acceptors (Lipinski definition) is 5. The van der Waals surface area contributed by atoms with Crippen LogP contribution in [-0.4, -0.2) is 49.9 Å². The molecule has 31 heavy (non-hydrogen) atoms. The maximum Gasteiger partial charge on any atom is 0.161 e. The van der Waals surface area contributed by atoms with Crippen LogP contribution in [0.5, 0.6) is 11.5 Å². The van der Waals surface area contributed by atoms with Crippen LogP contribution < -0.4 is 9.47 Å². The first kappa shape index (κ1) is 15.7. The molecule has 0 spiro atoms. The van der Waals surface area contributed by atoms with Gasteiger partial charge in [-0.1, -0.05) is 37.3 Å². The van der Waals surface area contributed by atoms with Crippen LogP contribution in [0.2, 0.25) is 0 Å². The fourth-order valence-electron chi connectivity index (χ4n) is 5.05. The largest absolute Gasteiger partial charge is 0.493 e. The lowest BCUT2D eigenvalue weighted by Crippen LogP contribution is -2.49. The summed E-state index contributed by atoms with van der Waals surface area (Å²) in [4.78, 5) is 2.38. The number of methoxy groups -OCH3 is 2. The first-order valence-corrected chi connectivity index (χ1v) is 11.0. The quantitative estimate of drug-likeness (QED) is 0.678. The fourth-order valence-corrected chi connectivity index (χ4v) is 5.05. The topological polar surface area (TPSA) is 51.2 Å². The molecule has 5 heteroatoms. The van der Waals surface area contributed by atoms with E-state index in [0.717, 1.165) is 36.2 Å². The molecule has 0 saturated carbocycles. The summed E-state index contributed by atoms with van der Waals surface area (Å²) >= 11 is 0. The summed E-state index contributed by atoms with van der Waals surface area (Å²) in [5, 5.41) is 9.69. The van der Waals surface area contributed by atoms with Gasteiger partial charge < -0.3 is 19.3 Å². The van der Waals surface area contributed by atoms with Crippen LogP contribution in [0.15, 0.2) is 42.5 Å². The van der Waals surface area contributed by atoms with Crippen LogP contribution in [0.25, 0.3) is 0 Å². The van der Waals surface area contributed by atoms with E-state index in [-0.39, 0.29) is 42.1 Å². The van der Waals surface area contributed by atoms with Crippen molar-refractivity contribution in [3.05, 3.63) is 59.2 Å². The van der Waals surface area contributed by atoms with E-state index in [1.807, 2.05) is 37.3 Å². The Morgan fingerprint density at radius 1 is 1.16 bits per heavy atom. The summed E-state index contributed by atoms with van der Waals surface area (Å²) in [6, 6.07) is 13.2. The zero-order valence-electron chi connectivity index (χ0n) is 23.9. The third-order valence-electron chi connectivity index (χ3n) is 6.67. The zero-order valence-corrected chi connectivity index (χ0v) is 17.9. The van der Waals surface area contributed by atoms with Crippen molar-refractivity contribution in [2.24, 2.45) is 11.8 Å². The molecule has 2 aromatic carbocycles. The van der Waals surface area contributed by atoms with Crippen molar-refractivity contribution in [1.82, 2.24) is 4.90 Å². The normalized spacial score (nSPS) is 27.9. The number of nitrogens with zero attached hydrogens (tertiary/aromatic N) is 1. The third kappa shape index (κ3) is 4.89. The summed E-state index contributed by atoms with van der Waals surface area (Å²) in [6.45, 7) is 4.21. The first-order chi connectivity index (χ1) is 17.4. The summed E-state index contributed by atoms with van der Waals surface area (Å²) < 4.78 is 61.9.